The zero-order chi connectivity index (χ0) is 16.1. The van der Waals surface area contributed by atoms with Gasteiger partial charge in [0.2, 0.25) is 0 Å². The first-order valence-corrected chi connectivity index (χ1v) is 8.11. The number of fused-ring (bicyclic) bond motifs is 1. The molecule has 0 amide bonds. The van der Waals surface area contributed by atoms with Crippen LogP contribution in [0.5, 0.6) is 0 Å². The van der Waals surface area contributed by atoms with E-state index in [1.807, 2.05) is 6.07 Å². The van der Waals surface area contributed by atoms with Crippen LogP contribution >= 0.6 is 23.2 Å². The van der Waals surface area contributed by atoms with E-state index in [4.69, 9.17) is 23.2 Å². The second kappa shape index (κ2) is 5.28. The lowest BCUT2D eigenvalue weighted by Crippen LogP contribution is -2.29. The fourth-order valence-corrected chi connectivity index (χ4v) is 3.84. The summed E-state index contributed by atoms with van der Waals surface area (Å²) in [6, 6.07) is 5.28. The van der Waals surface area contributed by atoms with Gasteiger partial charge in [-0.05, 0) is 24.5 Å². The molecule has 1 aliphatic carbocycles. The first-order valence-electron chi connectivity index (χ1n) is 7.35. The molecule has 4 rings (SSSR count). The number of aromatic nitrogens is 2. The fourth-order valence-electron chi connectivity index (χ4n) is 3.42. The molecule has 0 bridgehead atoms. The summed E-state index contributed by atoms with van der Waals surface area (Å²) in [7, 11) is 0. The van der Waals surface area contributed by atoms with Crippen LogP contribution in [-0.4, -0.2) is 16.0 Å². The number of aromatic amines is 2. The molecule has 2 aliphatic rings. The summed E-state index contributed by atoms with van der Waals surface area (Å²) in [5, 5.41) is 9.37. The molecular weight excluding hydrogens is 337 g/mol. The Morgan fingerprint density at radius 1 is 1.09 bits per heavy atom. The second-order valence-electron chi connectivity index (χ2n) is 5.74. The van der Waals surface area contributed by atoms with Gasteiger partial charge in [-0.25, -0.2) is 0 Å². The van der Waals surface area contributed by atoms with Gasteiger partial charge in [0.1, 0.15) is 5.82 Å². The van der Waals surface area contributed by atoms with Crippen molar-refractivity contribution in [3.63, 3.8) is 0 Å². The molecule has 23 heavy (non-hydrogen) atoms. The molecule has 1 atom stereocenters. The highest BCUT2D eigenvalue weighted by Crippen LogP contribution is 2.46. The standard InChI is InChI=1S/C16H13Cl2N3O2/c17-8-4-1-3-7(14(8)18)11-12-9(5-2-6-10(12)22)19-15-13(11)16(23)21-20-15/h1,3-4,11H,2,5-6H2,(H3,19,20,21,23). The van der Waals surface area contributed by atoms with Crippen LogP contribution in [0.2, 0.25) is 10.0 Å². The summed E-state index contributed by atoms with van der Waals surface area (Å²) in [6.45, 7) is 0. The lowest BCUT2D eigenvalue weighted by Gasteiger charge is -2.31. The number of halogens is 2. The number of carbonyl (C=O) groups excluding carboxylic acids is 1. The van der Waals surface area contributed by atoms with E-state index in [0.29, 0.717) is 39.0 Å². The van der Waals surface area contributed by atoms with Crippen molar-refractivity contribution < 1.29 is 4.79 Å². The summed E-state index contributed by atoms with van der Waals surface area (Å²) in [6.07, 6.45) is 2.04. The predicted molar refractivity (Wildman–Crippen MR) is 89.2 cm³/mol. The largest absolute Gasteiger partial charge is 0.343 e. The fraction of sp³-hybridized carbons (Fsp3) is 0.250. The average Bonchev–Trinajstić information content (AvgIpc) is 2.90. The zero-order valence-corrected chi connectivity index (χ0v) is 13.5. The first kappa shape index (κ1) is 14.6. The maximum atomic E-state index is 12.6. The molecule has 1 aliphatic heterocycles. The second-order valence-corrected chi connectivity index (χ2v) is 6.52. The number of hydrogen-bond donors (Lipinski definition) is 3. The van der Waals surface area contributed by atoms with E-state index < -0.39 is 5.92 Å². The molecule has 0 saturated heterocycles. The van der Waals surface area contributed by atoms with Crippen molar-refractivity contribution in [1.29, 1.82) is 0 Å². The van der Waals surface area contributed by atoms with E-state index >= 15 is 0 Å². The normalized spacial score (nSPS) is 20.1. The molecule has 0 spiro atoms. The molecule has 2 aromatic rings. The van der Waals surface area contributed by atoms with Crippen LogP contribution in [0.4, 0.5) is 5.82 Å². The van der Waals surface area contributed by atoms with Gasteiger partial charge < -0.3 is 5.32 Å². The minimum Gasteiger partial charge on any atom is -0.343 e. The Balaban J connectivity index is 2.02. The van der Waals surface area contributed by atoms with Crippen molar-refractivity contribution in [1.82, 2.24) is 10.2 Å². The number of Topliss-reactive ketones (excluding diaryl/α,β-unsaturated/α-hetero) is 1. The molecule has 118 valence electrons. The Bertz CT molecular complexity index is 910. The van der Waals surface area contributed by atoms with Gasteiger partial charge in [0, 0.05) is 23.6 Å². The topological polar surface area (TPSA) is 77.8 Å². The number of rotatable bonds is 1. The molecule has 0 saturated carbocycles. The van der Waals surface area contributed by atoms with Crippen molar-refractivity contribution in [2.75, 3.05) is 5.32 Å². The number of anilines is 1. The van der Waals surface area contributed by atoms with Gasteiger partial charge in [0.15, 0.2) is 5.78 Å². The van der Waals surface area contributed by atoms with Gasteiger partial charge >= 0.3 is 0 Å². The molecule has 3 N–H and O–H groups in total. The summed E-state index contributed by atoms with van der Waals surface area (Å²) in [4.78, 5) is 24.8. The van der Waals surface area contributed by atoms with E-state index in [-0.39, 0.29) is 11.3 Å². The van der Waals surface area contributed by atoms with Crippen molar-refractivity contribution in [2.24, 2.45) is 0 Å². The van der Waals surface area contributed by atoms with Crippen molar-refractivity contribution in [3.8, 4) is 0 Å². The van der Waals surface area contributed by atoms with E-state index in [0.717, 1.165) is 18.5 Å². The molecule has 0 radical (unpaired) electrons. The van der Waals surface area contributed by atoms with E-state index in [2.05, 4.69) is 15.5 Å². The third-order valence-corrected chi connectivity index (χ3v) is 5.25. The van der Waals surface area contributed by atoms with Crippen LogP contribution < -0.4 is 10.9 Å². The quantitative estimate of drug-likeness (QED) is 0.736. The van der Waals surface area contributed by atoms with Crippen LogP contribution in [0, 0.1) is 0 Å². The maximum absolute atomic E-state index is 12.6. The van der Waals surface area contributed by atoms with Gasteiger partial charge in [-0.1, -0.05) is 35.3 Å². The van der Waals surface area contributed by atoms with Crippen LogP contribution in [0.25, 0.3) is 0 Å². The summed E-state index contributed by atoms with van der Waals surface area (Å²) < 4.78 is 0. The number of nitrogens with one attached hydrogen (secondary N) is 3. The molecule has 1 aromatic carbocycles. The summed E-state index contributed by atoms with van der Waals surface area (Å²) in [5.74, 6) is 0.130. The number of allylic oxidation sites excluding steroid dienone is 2. The summed E-state index contributed by atoms with van der Waals surface area (Å²) in [5.41, 5.74) is 2.36. The van der Waals surface area contributed by atoms with Crippen LogP contribution in [0.1, 0.15) is 36.3 Å². The minimum atomic E-state index is -0.504. The smallest absolute Gasteiger partial charge is 0.270 e. The Morgan fingerprint density at radius 3 is 2.74 bits per heavy atom. The summed E-state index contributed by atoms with van der Waals surface area (Å²) >= 11 is 12.5. The predicted octanol–water partition coefficient (Wildman–Crippen LogP) is 3.57. The van der Waals surface area contributed by atoms with Gasteiger partial charge in [0.05, 0.1) is 15.6 Å². The maximum Gasteiger partial charge on any atom is 0.270 e. The Labute approximate surface area is 141 Å². The lowest BCUT2D eigenvalue weighted by atomic mass is 9.77. The van der Waals surface area contributed by atoms with Gasteiger partial charge in [-0.2, -0.15) is 0 Å². The van der Waals surface area contributed by atoms with Crippen LogP contribution in [0.3, 0.4) is 0 Å². The first-order chi connectivity index (χ1) is 11.1. The molecule has 5 nitrogen and oxygen atoms in total. The highest BCUT2D eigenvalue weighted by atomic mass is 35.5. The third-order valence-electron chi connectivity index (χ3n) is 4.42. The molecule has 0 fully saturated rings. The van der Waals surface area contributed by atoms with E-state index in [9.17, 15) is 9.59 Å². The van der Waals surface area contributed by atoms with Crippen molar-refractivity contribution in [3.05, 3.63) is 61.0 Å². The number of carbonyl (C=O) groups is 1. The Hall–Kier alpha value is -1.98. The molecular formula is C16H13Cl2N3O2. The molecule has 2 heterocycles. The molecule has 7 heteroatoms. The number of benzene rings is 1. The zero-order valence-electron chi connectivity index (χ0n) is 12.0. The number of H-pyrrole nitrogens is 2. The lowest BCUT2D eigenvalue weighted by molar-refractivity contribution is -0.116. The third kappa shape index (κ3) is 2.15. The highest BCUT2D eigenvalue weighted by Gasteiger charge is 2.38. The van der Waals surface area contributed by atoms with E-state index in [1.54, 1.807) is 12.1 Å². The van der Waals surface area contributed by atoms with Crippen LogP contribution in [0.15, 0.2) is 34.3 Å². The highest BCUT2D eigenvalue weighted by molar-refractivity contribution is 6.42. The molecule has 1 unspecified atom stereocenters. The molecule has 1 aromatic heterocycles. The van der Waals surface area contributed by atoms with Crippen molar-refractivity contribution in [2.45, 2.75) is 25.2 Å². The Kier molecular flexibility index (Phi) is 3.36. The SMILES string of the molecule is O=C1CCCC2=C1C(c1cccc(Cl)c1Cl)c1c([nH][nH]c1=O)N2. The number of ketones is 1. The Morgan fingerprint density at radius 2 is 1.91 bits per heavy atom. The number of hydrogen-bond acceptors (Lipinski definition) is 3. The van der Waals surface area contributed by atoms with Crippen LogP contribution in [-0.2, 0) is 4.79 Å². The van der Waals surface area contributed by atoms with Crippen molar-refractivity contribution >= 4 is 34.8 Å². The van der Waals surface area contributed by atoms with Gasteiger partial charge in [-0.3, -0.25) is 19.8 Å². The average molecular weight is 350 g/mol. The monoisotopic (exact) mass is 349 g/mol. The van der Waals surface area contributed by atoms with Gasteiger partial charge in [-0.15, -0.1) is 0 Å². The minimum absolute atomic E-state index is 0.0473. The van der Waals surface area contributed by atoms with Gasteiger partial charge in [0.25, 0.3) is 5.56 Å². The van der Waals surface area contributed by atoms with E-state index in [1.165, 1.54) is 0 Å².